The highest BCUT2D eigenvalue weighted by atomic mass is 19.4. The van der Waals surface area contributed by atoms with Crippen LogP contribution in [-0.4, -0.2) is 42.8 Å². The Hall–Kier alpha value is -0.330. The predicted molar refractivity (Wildman–Crippen MR) is 71.6 cm³/mol. The summed E-state index contributed by atoms with van der Waals surface area (Å²) in [5.74, 6) is 0. The number of hydrogen-bond donors (Lipinski definition) is 1. The first kappa shape index (κ1) is 19.7. The number of rotatable bonds is 9. The van der Waals surface area contributed by atoms with Gasteiger partial charge in [-0.2, -0.15) is 13.2 Å². The van der Waals surface area contributed by atoms with Crippen LogP contribution in [0, 0.1) is 5.41 Å². The first-order valence-electron chi connectivity index (χ1n) is 6.88. The number of hydrogen-bond acceptors (Lipinski definition) is 3. The molecule has 2 atom stereocenters. The van der Waals surface area contributed by atoms with Gasteiger partial charge in [0.1, 0.15) is 6.61 Å². The fourth-order valence-electron chi connectivity index (χ4n) is 1.97. The summed E-state index contributed by atoms with van der Waals surface area (Å²) in [4.78, 5) is 0. The third kappa shape index (κ3) is 9.55. The largest absolute Gasteiger partial charge is 0.411 e. The Morgan fingerprint density at radius 1 is 1.05 bits per heavy atom. The van der Waals surface area contributed by atoms with Crippen LogP contribution in [0.4, 0.5) is 13.2 Å². The van der Waals surface area contributed by atoms with Gasteiger partial charge in [0, 0.05) is 5.41 Å². The van der Waals surface area contributed by atoms with Gasteiger partial charge in [0.25, 0.3) is 0 Å². The van der Waals surface area contributed by atoms with Crippen LogP contribution in [0.25, 0.3) is 0 Å². The van der Waals surface area contributed by atoms with E-state index in [4.69, 9.17) is 9.47 Å². The molecule has 0 aliphatic rings. The molecule has 0 aromatic heterocycles. The molecule has 0 aliphatic heterocycles. The lowest BCUT2D eigenvalue weighted by Crippen LogP contribution is -2.40. The summed E-state index contributed by atoms with van der Waals surface area (Å²) in [5.41, 5.74) is -1.61. The average molecular weight is 300 g/mol. The molecular formula is C14H27F3O3. The topological polar surface area (TPSA) is 38.7 Å². The average Bonchev–Trinajstić information content (AvgIpc) is 2.24. The summed E-state index contributed by atoms with van der Waals surface area (Å²) >= 11 is 0. The van der Waals surface area contributed by atoms with Crippen molar-refractivity contribution in [2.75, 3.05) is 19.8 Å². The highest BCUT2D eigenvalue weighted by Gasteiger charge is 2.36. The van der Waals surface area contributed by atoms with Gasteiger partial charge >= 0.3 is 6.18 Å². The van der Waals surface area contributed by atoms with Crippen LogP contribution < -0.4 is 0 Å². The smallest absolute Gasteiger partial charge is 0.390 e. The van der Waals surface area contributed by atoms with Crippen molar-refractivity contribution in [3.63, 3.8) is 0 Å². The van der Waals surface area contributed by atoms with E-state index in [2.05, 4.69) is 0 Å². The molecule has 0 heterocycles. The van der Waals surface area contributed by atoms with Gasteiger partial charge < -0.3 is 14.6 Å². The van der Waals surface area contributed by atoms with Gasteiger partial charge in [0.15, 0.2) is 0 Å². The molecule has 20 heavy (non-hydrogen) atoms. The molecule has 3 nitrogen and oxygen atoms in total. The molecule has 0 aromatic rings. The minimum absolute atomic E-state index is 0.0245. The highest BCUT2D eigenvalue weighted by Crippen LogP contribution is 2.32. The van der Waals surface area contributed by atoms with Crippen LogP contribution in [0.5, 0.6) is 0 Å². The molecule has 2 unspecified atom stereocenters. The highest BCUT2D eigenvalue weighted by molar-refractivity contribution is 4.84. The number of alkyl halides is 3. The van der Waals surface area contributed by atoms with Crippen molar-refractivity contribution in [2.24, 2.45) is 5.41 Å². The van der Waals surface area contributed by atoms with Crippen molar-refractivity contribution in [3.8, 4) is 0 Å². The van der Waals surface area contributed by atoms with Gasteiger partial charge in [-0.1, -0.05) is 13.8 Å². The second-order valence-electron chi connectivity index (χ2n) is 6.31. The van der Waals surface area contributed by atoms with Gasteiger partial charge in [-0.05, 0) is 33.6 Å². The fourth-order valence-corrected chi connectivity index (χ4v) is 1.97. The van der Waals surface area contributed by atoms with Crippen molar-refractivity contribution in [2.45, 2.75) is 65.3 Å². The van der Waals surface area contributed by atoms with Crippen molar-refractivity contribution in [1.29, 1.82) is 0 Å². The quantitative estimate of drug-likeness (QED) is 0.708. The van der Waals surface area contributed by atoms with Crippen LogP contribution in [0.15, 0.2) is 0 Å². The van der Waals surface area contributed by atoms with Gasteiger partial charge in [-0.25, -0.2) is 0 Å². The summed E-state index contributed by atoms with van der Waals surface area (Å²) in [7, 11) is 0. The van der Waals surface area contributed by atoms with E-state index in [0.29, 0.717) is 12.8 Å². The van der Waals surface area contributed by atoms with Crippen LogP contribution in [-0.2, 0) is 9.47 Å². The van der Waals surface area contributed by atoms with Gasteiger partial charge in [-0.15, -0.1) is 0 Å². The van der Waals surface area contributed by atoms with Gasteiger partial charge in [0.2, 0.25) is 0 Å². The monoisotopic (exact) mass is 300 g/mol. The Bertz CT molecular complexity index is 277. The van der Waals surface area contributed by atoms with Crippen LogP contribution >= 0.6 is 0 Å². The van der Waals surface area contributed by atoms with Crippen molar-refractivity contribution in [1.82, 2.24) is 0 Å². The molecule has 0 aliphatic carbocycles. The Morgan fingerprint density at radius 2 is 1.60 bits per heavy atom. The molecule has 0 bridgehead atoms. The Morgan fingerprint density at radius 3 is 2.00 bits per heavy atom. The molecule has 0 saturated heterocycles. The molecule has 0 aromatic carbocycles. The third-order valence-electron chi connectivity index (χ3n) is 3.05. The molecule has 0 spiro atoms. The standard InChI is InChI=1S/C14H27F3O3/c1-6-13(5,18)7-12(4,9-20-11(2)3)8-19-10-14(15,16)17/h11,18H,6-10H2,1-5H3. The lowest BCUT2D eigenvalue weighted by molar-refractivity contribution is -0.186. The SMILES string of the molecule is CCC(C)(O)CC(C)(COCC(F)(F)F)COC(C)C. The lowest BCUT2D eigenvalue weighted by atomic mass is 9.79. The van der Waals surface area contributed by atoms with E-state index < -0.39 is 23.8 Å². The van der Waals surface area contributed by atoms with E-state index in [1.807, 2.05) is 20.8 Å². The summed E-state index contributed by atoms with van der Waals surface area (Å²) < 4.78 is 46.7. The normalized spacial score (nSPS) is 18.9. The molecule has 0 radical (unpaired) electrons. The molecule has 1 N–H and O–H groups in total. The minimum atomic E-state index is -4.34. The maximum atomic E-state index is 12.1. The maximum Gasteiger partial charge on any atom is 0.411 e. The van der Waals surface area contributed by atoms with E-state index in [-0.39, 0.29) is 19.3 Å². The van der Waals surface area contributed by atoms with E-state index >= 15 is 0 Å². The van der Waals surface area contributed by atoms with Crippen LogP contribution in [0.1, 0.15) is 47.5 Å². The minimum Gasteiger partial charge on any atom is -0.390 e. The van der Waals surface area contributed by atoms with Crippen molar-refractivity contribution >= 4 is 0 Å². The number of aliphatic hydroxyl groups is 1. The number of halogens is 3. The Labute approximate surface area is 119 Å². The van der Waals surface area contributed by atoms with Crippen LogP contribution in [0.2, 0.25) is 0 Å². The summed E-state index contributed by atoms with van der Waals surface area (Å²) in [5, 5.41) is 10.1. The van der Waals surface area contributed by atoms with E-state index in [9.17, 15) is 18.3 Å². The van der Waals surface area contributed by atoms with Crippen molar-refractivity contribution in [3.05, 3.63) is 0 Å². The first-order valence-corrected chi connectivity index (χ1v) is 6.88. The molecule has 122 valence electrons. The zero-order valence-corrected chi connectivity index (χ0v) is 13.0. The van der Waals surface area contributed by atoms with Crippen LogP contribution in [0.3, 0.4) is 0 Å². The molecule has 0 rings (SSSR count). The fraction of sp³-hybridized carbons (Fsp3) is 1.00. The second-order valence-corrected chi connectivity index (χ2v) is 6.31. The van der Waals surface area contributed by atoms with Gasteiger partial charge in [-0.3, -0.25) is 0 Å². The Kier molecular flexibility index (Phi) is 7.49. The van der Waals surface area contributed by atoms with E-state index in [1.54, 1.807) is 13.8 Å². The molecule has 0 amide bonds. The lowest BCUT2D eigenvalue weighted by Gasteiger charge is -2.36. The molecule has 0 saturated carbocycles. The van der Waals surface area contributed by atoms with Crippen molar-refractivity contribution < 1.29 is 27.8 Å². The van der Waals surface area contributed by atoms with E-state index in [0.717, 1.165) is 0 Å². The van der Waals surface area contributed by atoms with E-state index in [1.165, 1.54) is 0 Å². The zero-order valence-electron chi connectivity index (χ0n) is 13.0. The molecule has 0 fully saturated rings. The Balaban J connectivity index is 4.61. The first-order chi connectivity index (χ1) is 8.89. The number of ether oxygens (including phenoxy) is 2. The summed E-state index contributed by atoms with van der Waals surface area (Å²) in [6.07, 6.45) is -3.53. The molecular weight excluding hydrogens is 273 g/mol. The van der Waals surface area contributed by atoms with Gasteiger partial charge in [0.05, 0.1) is 24.9 Å². The summed E-state index contributed by atoms with van der Waals surface area (Å²) in [6, 6.07) is 0. The zero-order chi connectivity index (χ0) is 16.0. The maximum absolute atomic E-state index is 12.1. The molecule has 6 heteroatoms. The predicted octanol–water partition coefficient (Wildman–Crippen LogP) is 3.55. The second kappa shape index (κ2) is 7.61. The summed E-state index contributed by atoms with van der Waals surface area (Å²) in [6.45, 7) is 7.86. The third-order valence-corrected chi connectivity index (χ3v) is 3.05.